The van der Waals surface area contributed by atoms with E-state index in [1.54, 1.807) is 12.1 Å². The van der Waals surface area contributed by atoms with Crippen LogP contribution >= 0.6 is 11.6 Å². The molecule has 0 radical (unpaired) electrons. The highest BCUT2D eigenvalue weighted by Gasteiger charge is 2.34. The highest BCUT2D eigenvalue weighted by Crippen LogP contribution is 2.29. The molecule has 1 N–H and O–H groups in total. The van der Waals surface area contributed by atoms with Crippen LogP contribution in [-0.2, 0) is 9.53 Å². The van der Waals surface area contributed by atoms with Crippen molar-refractivity contribution in [3.63, 3.8) is 0 Å². The first-order valence-corrected chi connectivity index (χ1v) is 5.02. The third-order valence-electron chi connectivity index (χ3n) is 2.45. The van der Waals surface area contributed by atoms with E-state index in [-0.39, 0.29) is 5.97 Å². The zero-order chi connectivity index (χ0) is 10.8. The minimum Gasteiger partial charge on any atom is -0.465 e. The van der Waals surface area contributed by atoms with E-state index >= 15 is 0 Å². The van der Waals surface area contributed by atoms with Gasteiger partial charge < -0.3 is 9.84 Å². The Morgan fingerprint density at radius 1 is 1.60 bits per heavy atom. The number of aromatic nitrogens is 1. The van der Waals surface area contributed by atoms with Crippen molar-refractivity contribution in [3.05, 3.63) is 29.0 Å². The van der Waals surface area contributed by atoms with Crippen molar-refractivity contribution in [3.8, 4) is 0 Å². The molecule has 1 aromatic heterocycles. The first kappa shape index (κ1) is 10.4. The van der Waals surface area contributed by atoms with Crippen LogP contribution < -0.4 is 0 Å². The minimum atomic E-state index is -0.857. The Morgan fingerprint density at radius 3 is 2.93 bits per heavy atom. The molecule has 4 nitrogen and oxygen atoms in total. The number of carbonyl (C=O) groups excluding carboxylic acids is 1. The van der Waals surface area contributed by atoms with Crippen LogP contribution in [-0.4, -0.2) is 22.7 Å². The van der Waals surface area contributed by atoms with Crippen LogP contribution in [0.2, 0.25) is 5.15 Å². The molecule has 1 aromatic rings. The van der Waals surface area contributed by atoms with Gasteiger partial charge in [-0.1, -0.05) is 17.7 Å². The monoisotopic (exact) mass is 227 g/mol. The second kappa shape index (κ2) is 4.16. The van der Waals surface area contributed by atoms with Crippen LogP contribution in [0.4, 0.5) is 0 Å². The van der Waals surface area contributed by atoms with E-state index in [0.717, 1.165) is 0 Å². The summed E-state index contributed by atoms with van der Waals surface area (Å²) in [5.74, 6) is -0.828. The van der Waals surface area contributed by atoms with Gasteiger partial charge in [0.2, 0.25) is 0 Å². The van der Waals surface area contributed by atoms with Crippen molar-refractivity contribution < 1.29 is 14.6 Å². The number of cyclic esters (lactones) is 1. The van der Waals surface area contributed by atoms with E-state index in [1.807, 2.05) is 0 Å². The number of aliphatic hydroxyl groups excluding tert-OH is 1. The Kier molecular flexibility index (Phi) is 2.88. The molecule has 0 aliphatic carbocycles. The van der Waals surface area contributed by atoms with E-state index in [0.29, 0.717) is 23.7 Å². The summed E-state index contributed by atoms with van der Waals surface area (Å²) in [6, 6.07) is 3.24. The topological polar surface area (TPSA) is 59.4 Å². The van der Waals surface area contributed by atoms with E-state index in [1.165, 1.54) is 6.20 Å². The molecule has 0 bridgehead atoms. The standard InChI is InChI=1S/C10H10ClNO3/c11-8-2-1-6(5-12-8)9(13)7-3-4-15-10(7)14/h1-2,5,7,9,13H,3-4H2/t7?,9-/m1/s1. The lowest BCUT2D eigenvalue weighted by molar-refractivity contribution is -0.144. The number of ether oxygens (including phenoxy) is 1. The predicted octanol–water partition coefficient (Wildman–Crippen LogP) is 1.33. The van der Waals surface area contributed by atoms with Crippen molar-refractivity contribution in [1.82, 2.24) is 4.98 Å². The molecule has 2 atom stereocenters. The maximum Gasteiger partial charge on any atom is 0.312 e. The molecular formula is C10H10ClNO3. The molecule has 0 spiro atoms. The maximum absolute atomic E-state index is 11.2. The molecule has 0 saturated carbocycles. The quantitative estimate of drug-likeness (QED) is 0.612. The molecule has 2 rings (SSSR count). The molecule has 15 heavy (non-hydrogen) atoms. The average Bonchev–Trinajstić information content (AvgIpc) is 2.65. The molecule has 2 heterocycles. The molecule has 1 saturated heterocycles. The number of hydrogen-bond donors (Lipinski definition) is 1. The Hall–Kier alpha value is -1.13. The average molecular weight is 228 g/mol. The Labute approximate surface area is 91.8 Å². The van der Waals surface area contributed by atoms with Gasteiger partial charge in [0.25, 0.3) is 0 Å². The van der Waals surface area contributed by atoms with E-state index in [4.69, 9.17) is 16.3 Å². The molecule has 0 aromatic carbocycles. The Balaban J connectivity index is 2.16. The number of aliphatic hydroxyl groups is 1. The molecule has 1 aliphatic rings. The highest BCUT2D eigenvalue weighted by atomic mass is 35.5. The third kappa shape index (κ3) is 2.11. The number of nitrogens with zero attached hydrogens (tertiary/aromatic N) is 1. The molecular weight excluding hydrogens is 218 g/mol. The van der Waals surface area contributed by atoms with Gasteiger partial charge in [0.1, 0.15) is 5.15 Å². The van der Waals surface area contributed by atoms with Gasteiger partial charge in [0, 0.05) is 6.20 Å². The number of esters is 1. The van der Waals surface area contributed by atoms with Gasteiger partial charge in [-0.2, -0.15) is 0 Å². The zero-order valence-corrected chi connectivity index (χ0v) is 8.65. The fourth-order valence-electron chi connectivity index (χ4n) is 1.59. The SMILES string of the molecule is O=C1OCCC1[C@H](O)c1ccc(Cl)nc1. The van der Waals surface area contributed by atoms with E-state index in [9.17, 15) is 9.90 Å². The summed E-state index contributed by atoms with van der Waals surface area (Å²) >= 11 is 5.62. The van der Waals surface area contributed by atoms with Crippen molar-refractivity contribution >= 4 is 17.6 Å². The number of rotatable bonds is 2. The van der Waals surface area contributed by atoms with Crippen molar-refractivity contribution in [2.24, 2.45) is 5.92 Å². The molecule has 5 heteroatoms. The normalized spacial score (nSPS) is 22.5. The fourth-order valence-corrected chi connectivity index (χ4v) is 1.70. The van der Waals surface area contributed by atoms with Gasteiger partial charge >= 0.3 is 5.97 Å². The van der Waals surface area contributed by atoms with Gasteiger partial charge in [-0.25, -0.2) is 4.98 Å². The fraction of sp³-hybridized carbons (Fsp3) is 0.400. The van der Waals surface area contributed by atoms with Crippen LogP contribution in [0.5, 0.6) is 0 Å². The van der Waals surface area contributed by atoms with Gasteiger partial charge in [-0.3, -0.25) is 4.79 Å². The number of carbonyl (C=O) groups is 1. The molecule has 0 amide bonds. The summed E-state index contributed by atoms with van der Waals surface area (Å²) in [7, 11) is 0. The van der Waals surface area contributed by atoms with Crippen molar-refractivity contribution in [1.29, 1.82) is 0 Å². The highest BCUT2D eigenvalue weighted by molar-refractivity contribution is 6.29. The first-order chi connectivity index (χ1) is 7.18. The van der Waals surface area contributed by atoms with E-state index in [2.05, 4.69) is 4.98 Å². The summed E-state index contributed by atoms with van der Waals surface area (Å²) in [6.07, 6.45) is 1.16. The Bertz CT molecular complexity index is 365. The molecule has 1 aliphatic heterocycles. The van der Waals surface area contributed by atoms with Gasteiger partial charge in [-0.15, -0.1) is 0 Å². The molecule has 80 valence electrons. The molecule has 1 fully saturated rings. The zero-order valence-electron chi connectivity index (χ0n) is 7.89. The van der Waals surface area contributed by atoms with E-state index < -0.39 is 12.0 Å². The van der Waals surface area contributed by atoms with Crippen LogP contribution in [0.15, 0.2) is 18.3 Å². The summed E-state index contributed by atoms with van der Waals surface area (Å²) in [5, 5.41) is 10.3. The first-order valence-electron chi connectivity index (χ1n) is 4.64. The lowest BCUT2D eigenvalue weighted by Gasteiger charge is -2.14. The molecule has 1 unspecified atom stereocenters. The summed E-state index contributed by atoms with van der Waals surface area (Å²) in [5.41, 5.74) is 0.586. The number of halogens is 1. The lowest BCUT2D eigenvalue weighted by Crippen LogP contribution is -2.17. The number of hydrogen-bond acceptors (Lipinski definition) is 4. The Morgan fingerprint density at radius 2 is 2.40 bits per heavy atom. The third-order valence-corrected chi connectivity index (χ3v) is 2.67. The lowest BCUT2D eigenvalue weighted by atomic mass is 9.96. The summed E-state index contributed by atoms with van der Waals surface area (Å²) in [6.45, 7) is 0.377. The summed E-state index contributed by atoms with van der Waals surface area (Å²) in [4.78, 5) is 15.1. The van der Waals surface area contributed by atoms with Crippen molar-refractivity contribution in [2.45, 2.75) is 12.5 Å². The minimum absolute atomic E-state index is 0.350. The van der Waals surface area contributed by atoms with Crippen LogP contribution in [0, 0.1) is 5.92 Å². The summed E-state index contributed by atoms with van der Waals surface area (Å²) < 4.78 is 4.79. The second-order valence-corrected chi connectivity index (χ2v) is 3.81. The van der Waals surface area contributed by atoms with Gasteiger partial charge in [0.05, 0.1) is 18.6 Å². The largest absolute Gasteiger partial charge is 0.465 e. The maximum atomic E-state index is 11.2. The van der Waals surface area contributed by atoms with Crippen LogP contribution in [0.1, 0.15) is 18.1 Å². The van der Waals surface area contributed by atoms with Gasteiger partial charge in [-0.05, 0) is 18.1 Å². The number of pyridine rings is 1. The van der Waals surface area contributed by atoms with Crippen LogP contribution in [0.3, 0.4) is 0 Å². The van der Waals surface area contributed by atoms with Crippen molar-refractivity contribution in [2.75, 3.05) is 6.61 Å². The van der Waals surface area contributed by atoms with Crippen LogP contribution in [0.25, 0.3) is 0 Å². The van der Waals surface area contributed by atoms with Gasteiger partial charge in [0.15, 0.2) is 0 Å². The predicted molar refractivity (Wildman–Crippen MR) is 53.3 cm³/mol. The second-order valence-electron chi connectivity index (χ2n) is 3.42. The smallest absolute Gasteiger partial charge is 0.312 e.